The van der Waals surface area contributed by atoms with Crippen LogP contribution in [-0.2, 0) is 10.2 Å². The van der Waals surface area contributed by atoms with E-state index in [1.54, 1.807) is 12.1 Å². The molecule has 1 fully saturated rings. The van der Waals surface area contributed by atoms with E-state index in [9.17, 15) is 4.39 Å². The number of benzene rings is 2. The zero-order valence-corrected chi connectivity index (χ0v) is 15.1. The molecule has 3 aromatic rings. The van der Waals surface area contributed by atoms with Crippen LogP contribution in [0.3, 0.4) is 0 Å². The fraction of sp³-hybridized carbons (Fsp3) is 0.333. The van der Waals surface area contributed by atoms with E-state index in [4.69, 9.17) is 13.9 Å². The third kappa shape index (κ3) is 3.57. The number of aromatic nitrogens is 2. The summed E-state index contributed by atoms with van der Waals surface area (Å²) in [6.45, 7) is 3.13. The van der Waals surface area contributed by atoms with Gasteiger partial charge in [-0.1, -0.05) is 30.3 Å². The zero-order chi connectivity index (χ0) is 18.7. The smallest absolute Gasteiger partial charge is 0.256 e. The Morgan fingerprint density at radius 1 is 1.00 bits per heavy atom. The Morgan fingerprint density at radius 3 is 2.41 bits per heavy atom. The molecule has 6 heteroatoms. The van der Waals surface area contributed by atoms with Gasteiger partial charge in [0.2, 0.25) is 5.89 Å². The molecule has 0 bridgehead atoms. The van der Waals surface area contributed by atoms with Gasteiger partial charge in [0.1, 0.15) is 11.6 Å². The van der Waals surface area contributed by atoms with E-state index in [-0.39, 0.29) is 11.2 Å². The number of nitrogens with zero attached hydrogens (tertiary/aromatic N) is 2. The first-order valence-electron chi connectivity index (χ1n) is 9.07. The minimum Gasteiger partial charge on any atom is -0.481 e. The average molecular weight is 368 g/mol. The summed E-state index contributed by atoms with van der Waals surface area (Å²) in [4.78, 5) is 0. The minimum absolute atomic E-state index is 0.306. The van der Waals surface area contributed by atoms with Gasteiger partial charge in [-0.2, -0.15) is 0 Å². The van der Waals surface area contributed by atoms with E-state index >= 15 is 0 Å². The molecule has 5 nitrogen and oxygen atoms in total. The van der Waals surface area contributed by atoms with Crippen molar-refractivity contribution < 1.29 is 18.3 Å². The van der Waals surface area contributed by atoms with Crippen LogP contribution in [0.2, 0.25) is 0 Å². The van der Waals surface area contributed by atoms with Gasteiger partial charge in [0, 0.05) is 13.2 Å². The fourth-order valence-corrected chi connectivity index (χ4v) is 3.46. The molecule has 1 aliphatic heterocycles. The molecule has 4 rings (SSSR count). The summed E-state index contributed by atoms with van der Waals surface area (Å²) in [5.74, 6) is 1.23. The molecular weight excluding hydrogens is 347 g/mol. The molecule has 0 spiro atoms. The molecule has 2 aromatic carbocycles. The second kappa shape index (κ2) is 7.48. The van der Waals surface area contributed by atoms with Gasteiger partial charge >= 0.3 is 0 Å². The van der Waals surface area contributed by atoms with E-state index in [1.165, 1.54) is 12.1 Å². The molecule has 1 aromatic heterocycles. The van der Waals surface area contributed by atoms with Gasteiger partial charge in [-0.05, 0) is 49.6 Å². The molecular formula is C21H21FN2O3. The molecule has 0 amide bonds. The highest BCUT2D eigenvalue weighted by Gasteiger charge is 2.41. The lowest BCUT2D eigenvalue weighted by Crippen LogP contribution is -2.35. The summed E-state index contributed by atoms with van der Waals surface area (Å²) in [6.07, 6.45) is 1.13. The van der Waals surface area contributed by atoms with Gasteiger partial charge in [0.15, 0.2) is 6.10 Å². The predicted molar refractivity (Wildman–Crippen MR) is 97.0 cm³/mol. The molecule has 1 aliphatic rings. The van der Waals surface area contributed by atoms with E-state index < -0.39 is 6.10 Å². The molecule has 0 saturated carbocycles. The predicted octanol–water partition coefficient (Wildman–Crippen LogP) is 4.45. The van der Waals surface area contributed by atoms with Gasteiger partial charge in [0.25, 0.3) is 5.89 Å². The summed E-state index contributed by atoms with van der Waals surface area (Å²) < 4.78 is 30.5. The van der Waals surface area contributed by atoms with E-state index in [0.29, 0.717) is 30.7 Å². The van der Waals surface area contributed by atoms with Crippen LogP contribution in [0.4, 0.5) is 4.39 Å². The van der Waals surface area contributed by atoms with Crippen molar-refractivity contribution in [3.8, 4) is 5.75 Å². The molecule has 1 saturated heterocycles. The Labute approximate surface area is 157 Å². The Morgan fingerprint density at radius 2 is 1.70 bits per heavy atom. The number of hydrogen-bond donors (Lipinski definition) is 0. The second-order valence-corrected chi connectivity index (χ2v) is 6.72. The molecule has 2 heterocycles. The number of rotatable bonds is 5. The topological polar surface area (TPSA) is 57.4 Å². The van der Waals surface area contributed by atoms with Gasteiger partial charge in [-0.3, -0.25) is 0 Å². The van der Waals surface area contributed by atoms with E-state index in [1.807, 2.05) is 25.1 Å². The number of ether oxygens (including phenoxy) is 2. The standard InChI is InChI=1S/C21H21FN2O3/c1-15(26-18-9-7-17(22)8-10-18)19-23-24-20(27-19)21(11-13-25-14-12-21)16-5-3-2-4-6-16/h2-10,15H,11-14H2,1H3/t15-/m1/s1. The van der Waals surface area contributed by atoms with Crippen molar-refractivity contribution in [1.82, 2.24) is 10.2 Å². The summed E-state index contributed by atoms with van der Waals surface area (Å²) in [5.41, 5.74) is 0.802. The largest absolute Gasteiger partial charge is 0.481 e. The third-order valence-corrected chi connectivity index (χ3v) is 5.00. The van der Waals surface area contributed by atoms with Gasteiger partial charge in [-0.25, -0.2) is 4.39 Å². The van der Waals surface area contributed by atoms with Gasteiger partial charge < -0.3 is 13.9 Å². The van der Waals surface area contributed by atoms with Crippen molar-refractivity contribution in [3.63, 3.8) is 0 Å². The Bertz CT molecular complexity index is 874. The maximum Gasteiger partial charge on any atom is 0.256 e. The number of halogens is 1. The Hall–Kier alpha value is -2.73. The van der Waals surface area contributed by atoms with Crippen LogP contribution in [0, 0.1) is 5.82 Å². The lowest BCUT2D eigenvalue weighted by Gasteiger charge is -2.34. The lowest BCUT2D eigenvalue weighted by atomic mass is 9.74. The van der Waals surface area contributed by atoms with Crippen LogP contribution in [0.25, 0.3) is 0 Å². The van der Waals surface area contributed by atoms with Crippen LogP contribution in [0.1, 0.15) is 43.2 Å². The fourth-order valence-electron chi connectivity index (χ4n) is 3.46. The van der Waals surface area contributed by atoms with Crippen LogP contribution < -0.4 is 4.74 Å². The van der Waals surface area contributed by atoms with Crippen molar-refractivity contribution in [1.29, 1.82) is 0 Å². The first kappa shape index (κ1) is 17.7. The average Bonchev–Trinajstić information content (AvgIpc) is 3.22. The molecule has 0 unspecified atom stereocenters. The molecule has 0 aliphatic carbocycles. The summed E-state index contributed by atoms with van der Waals surface area (Å²) in [6, 6.07) is 16.1. The Kier molecular flexibility index (Phi) is 4.90. The van der Waals surface area contributed by atoms with Crippen LogP contribution in [0.5, 0.6) is 5.75 Å². The summed E-state index contributed by atoms with van der Waals surface area (Å²) in [7, 11) is 0. The first-order valence-corrected chi connectivity index (χ1v) is 9.07. The molecule has 140 valence electrons. The molecule has 0 N–H and O–H groups in total. The normalized spacial score (nSPS) is 17.4. The first-order chi connectivity index (χ1) is 13.2. The highest BCUT2D eigenvalue weighted by Crippen LogP contribution is 2.41. The molecule has 0 radical (unpaired) electrons. The number of hydrogen-bond acceptors (Lipinski definition) is 5. The SMILES string of the molecule is C[C@@H](Oc1ccc(F)cc1)c1nnc(C2(c3ccccc3)CCOCC2)o1. The second-order valence-electron chi connectivity index (χ2n) is 6.72. The summed E-state index contributed by atoms with van der Waals surface area (Å²) >= 11 is 0. The Balaban J connectivity index is 1.60. The molecule has 27 heavy (non-hydrogen) atoms. The van der Waals surface area contributed by atoms with Crippen molar-refractivity contribution in [3.05, 3.63) is 77.8 Å². The highest BCUT2D eigenvalue weighted by atomic mass is 19.1. The lowest BCUT2D eigenvalue weighted by molar-refractivity contribution is 0.0530. The highest BCUT2D eigenvalue weighted by molar-refractivity contribution is 5.32. The molecule has 1 atom stereocenters. The van der Waals surface area contributed by atoms with Crippen LogP contribution >= 0.6 is 0 Å². The monoisotopic (exact) mass is 368 g/mol. The maximum absolute atomic E-state index is 13.1. The minimum atomic E-state index is -0.440. The van der Waals surface area contributed by atoms with Gasteiger partial charge in [0.05, 0.1) is 5.41 Å². The van der Waals surface area contributed by atoms with Crippen LogP contribution in [-0.4, -0.2) is 23.4 Å². The van der Waals surface area contributed by atoms with Crippen LogP contribution in [0.15, 0.2) is 59.0 Å². The van der Waals surface area contributed by atoms with Crippen molar-refractivity contribution in [2.45, 2.75) is 31.3 Å². The summed E-state index contributed by atoms with van der Waals surface area (Å²) in [5, 5.41) is 8.57. The van der Waals surface area contributed by atoms with Crippen molar-refractivity contribution >= 4 is 0 Å². The maximum atomic E-state index is 13.1. The third-order valence-electron chi connectivity index (χ3n) is 5.00. The van der Waals surface area contributed by atoms with Crippen molar-refractivity contribution in [2.75, 3.05) is 13.2 Å². The van der Waals surface area contributed by atoms with E-state index in [2.05, 4.69) is 22.3 Å². The van der Waals surface area contributed by atoms with Gasteiger partial charge in [-0.15, -0.1) is 10.2 Å². The zero-order valence-electron chi connectivity index (χ0n) is 15.1. The van der Waals surface area contributed by atoms with E-state index in [0.717, 1.165) is 18.4 Å². The van der Waals surface area contributed by atoms with Crippen molar-refractivity contribution in [2.24, 2.45) is 0 Å². The quantitative estimate of drug-likeness (QED) is 0.666.